The molecule has 0 spiro atoms. The Morgan fingerprint density at radius 2 is 1.77 bits per heavy atom. The van der Waals surface area contributed by atoms with Crippen LogP contribution in [0.5, 0.6) is 0 Å². The number of benzene rings is 1. The molecule has 1 fully saturated rings. The first-order valence-electron chi connectivity index (χ1n) is 12.8. The molecular weight excluding hydrogens is 536 g/mol. The topological polar surface area (TPSA) is 117 Å². The van der Waals surface area contributed by atoms with Gasteiger partial charge in [0.1, 0.15) is 11.1 Å². The molecule has 2 aromatic heterocycles. The minimum absolute atomic E-state index is 0.0165. The second kappa shape index (κ2) is 12.1. The smallest absolute Gasteiger partial charge is 0.254 e. The van der Waals surface area contributed by atoms with Gasteiger partial charge in [0, 0.05) is 49.2 Å². The summed E-state index contributed by atoms with van der Waals surface area (Å²) in [5, 5.41) is 5.57. The van der Waals surface area contributed by atoms with E-state index in [0.717, 1.165) is 37.1 Å². The minimum atomic E-state index is -4.05. The van der Waals surface area contributed by atoms with Gasteiger partial charge in [0.2, 0.25) is 15.8 Å². The molecule has 1 amide bonds. The highest BCUT2D eigenvalue weighted by Crippen LogP contribution is 2.31. The highest BCUT2D eigenvalue weighted by molar-refractivity contribution is 7.91. The van der Waals surface area contributed by atoms with Crippen molar-refractivity contribution in [2.24, 2.45) is 0 Å². The van der Waals surface area contributed by atoms with Crippen LogP contribution in [0.4, 0.5) is 11.8 Å². The van der Waals surface area contributed by atoms with E-state index in [1.165, 1.54) is 18.3 Å². The Morgan fingerprint density at radius 1 is 1.10 bits per heavy atom. The predicted molar refractivity (Wildman–Crippen MR) is 154 cm³/mol. The fraction of sp³-hybridized carbons (Fsp3) is 0.357. The number of amides is 1. The summed E-state index contributed by atoms with van der Waals surface area (Å²) in [4.78, 5) is 28.4. The highest BCUT2D eigenvalue weighted by Gasteiger charge is 2.33. The van der Waals surface area contributed by atoms with Gasteiger partial charge in [0.25, 0.3) is 5.91 Å². The third kappa shape index (κ3) is 6.57. The standard InChI is InChI=1S/C28H33ClN6O3S/c1-5-24(19-8-10-20(29)11-9-19)39(37,38)27-23(7-6-16-30-27)26(36)32-21-12-14-22(15-13-21)33-28-31-17-18(2)25(34-28)35(3)4/h5-11,16-17,21-22,24H,1,12-15H2,2-4H3,(H,32,36)(H,31,33,34). The van der Waals surface area contributed by atoms with E-state index < -0.39 is 21.0 Å². The zero-order valence-electron chi connectivity index (χ0n) is 22.3. The third-order valence-electron chi connectivity index (χ3n) is 6.80. The summed E-state index contributed by atoms with van der Waals surface area (Å²) in [7, 11) is -0.159. The van der Waals surface area contributed by atoms with Gasteiger partial charge >= 0.3 is 0 Å². The Kier molecular flexibility index (Phi) is 8.87. The van der Waals surface area contributed by atoms with Crippen molar-refractivity contribution >= 4 is 39.1 Å². The highest BCUT2D eigenvalue weighted by atomic mass is 35.5. The molecule has 0 radical (unpaired) electrons. The molecule has 11 heteroatoms. The lowest BCUT2D eigenvalue weighted by atomic mass is 9.91. The van der Waals surface area contributed by atoms with Gasteiger partial charge in [-0.05, 0) is 62.4 Å². The van der Waals surface area contributed by atoms with Crippen LogP contribution in [0.15, 0.2) is 66.5 Å². The second-order valence-electron chi connectivity index (χ2n) is 9.87. The lowest BCUT2D eigenvalue weighted by molar-refractivity contribution is 0.0922. The van der Waals surface area contributed by atoms with Gasteiger partial charge in [-0.1, -0.05) is 29.8 Å². The number of aromatic nitrogens is 3. The molecule has 9 nitrogen and oxygen atoms in total. The summed E-state index contributed by atoms with van der Waals surface area (Å²) in [6.45, 7) is 5.69. The van der Waals surface area contributed by atoms with Gasteiger partial charge < -0.3 is 15.5 Å². The van der Waals surface area contributed by atoms with Crippen LogP contribution in [-0.2, 0) is 9.84 Å². The lowest BCUT2D eigenvalue weighted by Crippen LogP contribution is -2.40. The largest absolute Gasteiger partial charge is 0.362 e. The molecule has 206 valence electrons. The molecule has 39 heavy (non-hydrogen) atoms. The van der Waals surface area contributed by atoms with E-state index in [4.69, 9.17) is 11.6 Å². The maximum Gasteiger partial charge on any atom is 0.254 e. The number of hydrogen-bond acceptors (Lipinski definition) is 8. The number of nitrogens with one attached hydrogen (secondary N) is 2. The van der Waals surface area contributed by atoms with Crippen LogP contribution >= 0.6 is 11.6 Å². The second-order valence-corrected chi connectivity index (χ2v) is 12.3. The van der Waals surface area contributed by atoms with Crippen molar-refractivity contribution in [1.82, 2.24) is 20.3 Å². The van der Waals surface area contributed by atoms with Crippen molar-refractivity contribution in [2.45, 2.75) is 55.0 Å². The van der Waals surface area contributed by atoms with Gasteiger partial charge in [-0.3, -0.25) is 4.79 Å². The molecule has 1 unspecified atom stereocenters. The van der Waals surface area contributed by atoms with Gasteiger partial charge in [-0.25, -0.2) is 18.4 Å². The molecule has 3 aromatic rings. The molecule has 2 N–H and O–H groups in total. The Balaban J connectivity index is 1.43. The van der Waals surface area contributed by atoms with E-state index in [0.29, 0.717) is 16.5 Å². The maximum atomic E-state index is 13.6. The molecule has 4 rings (SSSR count). The number of anilines is 2. The molecular formula is C28H33ClN6O3S. The fourth-order valence-electron chi connectivity index (χ4n) is 4.79. The average molecular weight is 569 g/mol. The first-order chi connectivity index (χ1) is 18.6. The number of carbonyl (C=O) groups is 1. The molecule has 1 saturated carbocycles. The van der Waals surface area contributed by atoms with E-state index >= 15 is 0 Å². The molecule has 2 heterocycles. The summed E-state index contributed by atoms with van der Waals surface area (Å²) in [5.41, 5.74) is 1.51. The Labute approximate surface area is 234 Å². The first-order valence-corrected chi connectivity index (χ1v) is 14.7. The van der Waals surface area contributed by atoms with Gasteiger partial charge in [0.05, 0.1) is 5.56 Å². The van der Waals surface area contributed by atoms with Crippen LogP contribution in [0.3, 0.4) is 0 Å². The number of halogens is 1. The number of nitrogens with zero attached hydrogens (tertiary/aromatic N) is 4. The number of aryl methyl sites for hydroxylation is 1. The van der Waals surface area contributed by atoms with Crippen LogP contribution in [0.25, 0.3) is 0 Å². The number of carbonyl (C=O) groups excluding carboxylic acids is 1. The van der Waals surface area contributed by atoms with E-state index in [1.54, 1.807) is 36.5 Å². The van der Waals surface area contributed by atoms with Crippen molar-refractivity contribution in [2.75, 3.05) is 24.3 Å². The lowest BCUT2D eigenvalue weighted by Gasteiger charge is -2.30. The third-order valence-corrected chi connectivity index (χ3v) is 9.05. The van der Waals surface area contributed by atoms with Gasteiger partial charge in [-0.15, -0.1) is 6.58 Å². The van der Waals surface area contributed by atoms with Crippen molar-refractivity contribution < 1.29 is 13.2 Å². The summed E-state index contributed by atoms with van der Waals surface area (Å²) in [6, 6.07) is 9.63. The molecule has 0 aliphatic heterocycles. The van der Waals surface area contributed by atoms with Crippen LogP contribution < -0.4 is 15.5 Å². The number of hydrogen-bond donors (Lipinski definition) is 2. The molecule has 0 saturated heterocycles. The SMILES string of the molecule is C=CC(c1ccc(Cl)cc1)S(=O)(=O)c1ncccc1C(=O)NC1CCC(Nc2ncc(C)c(N(C)C)n2)CC1. The monoisotopic (exact) mass is 568 g/mol. The maximum absolute atomic E-state index is 13.6. The summed E-state index contributed by atoms with van der Waals surface area (Å²) in [5.74, 6) is 0.986. The number of pyridine rings is 1. The Hall–Kier alpha value is -3.50. The quantitative estimate of drug-likeness (QED) is 0.355. The Bertz CT molecular complexity index is 1440. The number of rotatable bonds is 9. The zero-order chi connectivity index (χ0) is 28.2. The predicted octanol–water partition coefficient (Wildman–Crippen LogP) is 4.75. The van der Waals surface area contributed by atoms with E-state index in [9.17, 15) is 13.2 Å². The molecule has 1 aromatic carbocycles. The van der Waals surface area contributed by atoms with Crippen LogP contribution in [-0.4, -0.2) is 55.5 Å². The van der Waals surface area contributed by atoms with Crippen molar-refractivity contribution in [3.05, 3.63) is 83.2 Å². The summed E-state index contributed by atoms with van der Waals surface area (Å²) >= 11 is 5.97. The Morgan fingerprint density at radius 3 is 2.41 bits per heavy atom. The van der Waals surface area contributed by atoms with E-state index in [1.807, 2.05) is 25.9 Å². The van der Waals surface area contributed by atoms with Crippen LogP contribution in [0.1, 0.15) is 52.4 Å². The van der Waals surface area contributed by atoms with Gasteiger partial charge in [-0.2, -0.15) is 4.98 Å². The normalized spacial score (nSPS) is 18.2. The van der Waals surface area contributed by atoms with Crippen molar-refractivity contribution in [3.63, 3.8) is 0 Å². The van der Waals surface area contributed by atoms with Crippen molar-refractivity contribution in [3.8, 4) is 0 Å². The summed E-state index contributed by atoms with van der Waals surface area (Å²) < 4.78 is 27.2. The number of sulfone groups is 1. The van der Waals surface area contributed by atoms with Crippen molar-refractivity contribution in [1.29, 1.82) is 0 Å². The van der Waals surface area contributed by atoms with E-state index in [-0.39, 0.29) is 22.7 Å². The molecule has 1 aliphatic carbocycles. The first kappa shape index (κ1) is 28.5. The van der Waals surface area contributed by atoms with Gasteiger partial charge in [0.15, 0.2) is 5.03 Å². The van der Waals surface area contributed by atoms with E-state index in [2.05, 4.69) is 32.2 Å². The minimum Gasteiger partial charge on any atom is -0.362 e. The summed E-state index contributed by atoms with van der Waals surface area (Å²) in [6.07, 6.45) is 7.61. The molecule has 1 aliphatic rings. The van der Waals surface area contributed by atoms with Crippen LogP contribution in [0, 0.1) is 6.92 Å². The zero-order valence-corrected chi connectivity index (χ0v) is 23.8. The molecule has 1 atom stereocenters. The average Bonchev–Trinajstić information content (AvgIpc) is 2.92. The van der Waals surface area contributed by atoms with Crippen LogP contribution in [0.2, 0.25) is 5.02 Å². The fourth-order valence-corrected chi connectivity index (χ4v) is 6.60. The molecule has 0 bridgehead atoms.